The number of carbonyl (C=O) groups is 1. The van der Waals surface area contributed by atoms with Crippen LogP contribution in [-0.2, 0) is 9.53 Å². The molecule has 1 rings (SSSR count). The third-order valence-corrected chi connectivity index (χ3v) is 2.21. The summed E-state index contributed by atoms with van der Waals surface area (Å²) in [6.07, 6.45) is 2.82. The minimum atomic E-state index is -0.420. The van der Waals surface area contributed by atoms with E-state index in [0.29, 0.717) is 12.2 Å². The Bertz CT molecular complexity index is 368. The first-order valence-electron chi connectivity index (χ1n) is 4.42. The van der Waals surface area contributed by atoms with Crippen LogP contribution in [-0.4, -0.2) is 12.6 Å². The van der Waals surface area contributed by atoms with Crippen molar-refractivity contribution in [3.05, 3.63) is 39.2 Å². The summed E-state index contributed by atoms with van der Waals surface area (Å²) in [5, 5.41) is 0. The minimum Gasteiger partial charge on any atom is -0.463 e. The highest BCUT2D eigenvalue weighted by atomic mass is 127. The molecule has 0 heterocycles. The van der Waals surface area contributed by atoms with Gasteiger partial charge in [-0.05, 0) is 59.4 Å². The van der Waals surface area contributed by atoms with Crippen molar-refractivity contribution >= 4 is 34.6 Å². The maximum atomic E-state index is 12.9. The number of hydrogen-bond acceptors (Lipinski definition) is 2. The second-order valence-corrected chi connectivity index (χ2v) is 4.03. The molecule has 0 atom stereocenters. The number of benzene rings is 1. The Kier molecular flexibility index (Phi) is 4.74. The minimum absolute atomic E-state index is 0.314. The Labute approximate surface area is 101 Å². The molecule has 0 saturated heterocycles. The van der Waals surface area contributed by atoms with E-state index < -0.39 is 5.97 Å². The zero-order valence-corrected chi connectivity index (χ0v) is 10.3. The average Bonchev–Trinajstić information content (AvgIpc) is 2.14. The molecule has 2 nitrogen and oxygen atoms in total. The molecule has 0 aliphatic heterocycles. The van der Waals surface area contributed by atoms with Gasteiger partial charge in [-0.3, -0.25) is 0 Å². The lowest BCUT2D eigenvalue weighted by molar-refractivity contribution is -0.137. The van der Waals surface area contributed by atoms with Crippen LogP contribution >= 0.6 is 22.6 Å². The van der Waals surface area contributed by atoms with E-state index in [2.05, 4.69) is 0 Å². The quantitative estimate of drug-likeness (QED) is 0.486. The second kappa shape index (κ2) is 5.85. The predicted molar refractivity (Wildman–Crippen MR) is 64.8 cm³/mol. The molecule has 0 aliphatic rings. The first-order chi connectivity index (χ1) is 7.11. The van der Waals surface area contributed by atoms with Crippen LogP contribution in [0.1, 0.15) is 12.5 Å². The lowest BCUT2D eigenvalue weighted by Crippen LogP contribution is -1.98. The maximum Gasteiger partial charge on any atom is 0.330 e. The fourth-order valence-electron chi connectivity index (χ4n) is 1.03. The standard InChI is InChI=1S/C11H10FIO2/c1-2-15-11(14)4-3-8-5-9(12)7-10(13)6-8/h3-7H,2H2,1H3. The summed E-state index contributed by atoms with van der Waals surface area (Å²) in [5.74, 6) is -0.734. The van der Waals surface area contributed by atoms with Gasteiger partial charge in [0, 0.05) is 9.65 Å². The lowest BCUT2D eigenvalue weighted by Gasteiger charge is -1.97. The van der Waals surface area contributed by atoms with Gasteiger partial charge in [0.05, 0.1) is 6.61 Å². The summed E-state index contributed by atoms with van der Waals surface area (Å²) < 4.78 is 18.4. The fraction of sp³-hybridized carbons (Fsp3) is 0.182. The summed E-state index contributed by atoms with van der Waals surface area (Å²) in [4.78, 5) is 11.0. The van der Waals surface area contributed by atoms with Gasteiger partial charge >= 0.3 is 5.97 Å². The maximum absolute atomic E-state index is 12.9. The van der Waals surface area contributed by atoms with Crippen molar-refractivity contribution in [2.45, 2.75) is 6.92 Å². The topological polar surface area (TPSA) is 26.3 Å². The molecule has 0 aromatic heterocycles. The molecular formula is C11H10FIO2. The van der Waals surface area contributed by atoms with Gasteiger partial charge in [0.2, 0.25) is 0 Å². The molecule has 1 aromatic carbocycles. The van der Waals surface area contributed by atoms with Crippen molar-refractivity contribution in [2.24, 2.45) is 0 Å². The van der Waals surface area contributed by atoms with E-state index in [1.807, 2.05) is 22.6 Å². The molecule has 0 N–H and O–H groups in total. The van der Waals surface area contributed by atoms with Gasteiger partial charge in [0.25, 0.3) is 0 Å². The average molecular weight is 320 g/mol. The monoisotopic (exact) mass is 320 g/mol. The van der Waals surface area contributed by atoms with E-state index in [4.69, 9.17) is 4.74 Å². The molecule has 0 saturated carbocycles. The van der Waals surface area contributed by atoms with Gasteiger partial charge in [-0.2, -0.15) is 0 Å². The molecule has 0 aliphatic carbocycles. The number of rotatable bonds is 3. The van der Waals surface area contributed by atoms with Gasteiger partial charge in [0.1, 0.15) is 5.82 Å². The molecule has 0 bridgehead atoms. The third kappa shape index (κ3) is 4.42. The second-order valence-electron chi connectivity index (χ2n) is 2.79. The molecule has 80 valence electrons. The van der Waals surface area contributed by atoms with Crippen LogP contribution in [0.25, 0.3) is 6.08 Å². The summed E-state index contributed by atoms with van der Waals surface area (Å²) in [5.41, 5.74) is 0.646. The number of ether oxygens (including phenoxy) is 1. The first kappa shape index (κ1) is 12.2. The molecule has 15 heavy (non-hydrogen) atoms. The Morgan fingerprint density at radius 1 is 1.53 bits per heavy atom. The molecule has 0 fully saturated rings. The number of halogens is 2. The van der Waals surface area contributed by atoms with Crippen LogP contribution in [0.5, 0.6) is 0 Å². The van der Waals surface area contributed by atoms with Crippen molar-refractivity contribution in [1.29, 1.82) is 0 Å². The van der Waals surface area contributed by atoms with Gasteiger partial charge in [-0.25, -0.2) is 9.18 Å². The van der Waals surface area contributed by atoms with Gasteiger partial charge in [-0.1, -0.05) is 0 Å². The van der Waals surface area contributed by atoms with E-state index in [0.717, 1.165) is 3.57 Å². The summed E-state index contributed by atoms with van der Waals surface area (Å²) >= 11 is 2.01. The molecule has 0 unspecified atom stereocenters. The van der Waals surface area contributed by atoms with Crippen molar-refractivity contribution in [1.82, 2.24) is 0 Å². The van der Waals surface area contributed by atoms with Crippen molar-refractivity contribution in [2.75, 3.05) is 6.61 Å². The van der Waals surface area contributed by atoms with E-state index in [1.165, 1.54) is 24.3 Å². The zero-order valence-electron chi connectivity index (χ0n) is 8.17. The van der Waals surface area contributed by atoms with Crippen molar-refractivity contribution < 1.29 is 13.9 Å². The van der Waals surface area contributed by atoms with Crippen LogP contribution in [0.4, 0.5) is 4.39 Å². The van der Waals surface area contributed by atoms with E-state index >= 15 is 0 Å². The molecular weight excluding hydrogens is 310 g/mol. The Hall–Kier alpha value is -0.910. The van der Waals surface area contributed by atoms with E-state index in [1.54, 1.807) is 13.0 Å². The fourth-order valence-corrected chi connectivity index (χ4v) is 1.68. The highest BCUT2D eigenvalue weighted by molar-refractivity contribution is 14.1. The molecule has 1 aromatic rings. The SMILES string of the molecule is CCOC(=O)C=Cc1cc(F)cc(I)c1. The molecule has 0 amide bonds. The van der Waals surface area contributed by atoms with Crippen LogP contribution in [0, 0.1) is 9.39 Å². The van der Waals surface area contributed by atoms with Crippen LogP contribution in [0.3, 0.4) is 0 Å². The molecule has 0 radical (unpaired) electrons. The Morgan fingerprint density at radius 2 is 2.27 bits per heavy atom. The van der Waals surface area contributed by atoms with Crippen LogP contribution < -0.4 is 0 Å². The largest absolute Gasteiger partial charge is 0.463 e. The Balaban J connectivity index is 2.76. The van der Waals surface area contributed by atoms with Crippen LogP contribution in [0.15, 0.2) is 24.3 Å². The number of hydrogen-bond donors (Lipinski definition) is 0. The third-order valence-electron chi connectivity index (χ3n) is 1.58. The summed E-state index contributed by atoms with van der Waals surface area (Å²) in [6.45, 7) is 2.07. The lowest BCUT2D eigenvalue weighted by atomic mass is 10.2. The highest BCUT2D eigenvalue weighted by Crippen LogP contribution is 2.12. The molecule has 0 spiro atoms. The smallest absolute Gasteiger partial charge is 0.330 e. The van der Waals surface area contributed by atoms with Gasteiger partial charge < -0.3 is 4.74 Å². The van der Waals surface area contributed by atoms with Gasteiger partial charge in [-0.15, -0.1) is 0 Å². The zero-order chi connectivity index (χ0) is 11.3. The number of carbonyl (C=O) groups excluding carboxylic acids is 1. The highest BCUT2D eigenvalue weighted by Gasteiger charge is 1.97. The van der Waals surface area contributed by atoms with Crippen molar-refractivity contribution in [3.8, 4) is 0 Å². The Morgan fingerprint density at radius 3 is 2.87 bits per heavy atom. The summed E-state index contributed by atoms with van der Waals surface area (Å²) in [6, 6.07) is 4.56. The number of esters is 1. The van der Waals surface area contributed by atoms with Crippen LogP contribution in [0.2, 0.25) is 0 Å². The first-order valence-corrected chi connectivity index (χ1v) is 5.50. The predicted octanol–water partition coefficient (Wildman–Crippen LogP) is 3.01. The normalized spacial score (nSPS) is 10.6. The summed E-state index contributed by atoms with van der Waals surface area (Å²) in [7, 11) is 0. The molecule has 4 heteroatoms. The van der Waals surface area contributed by atoms with Gasteiger partial charge in [0.15, 0.2) is 0 Å². The van der Waals surface area contributed by atoms with E-state index in [-0.39, 0.29) is 5.82 Å². The van der Waals surface area contributed by atoms with E-state index in [9.17, 15) is 9.18 Å². The van der Waals surface area contributed by atoms with Crippen molar-refractivity contribution in [3.63, 3.8) is 0 Å².